The average molecular weight is 257 g/mol. The van der Waals surface area contributed by atoms with Crippen molar-refractivity contribution in [1.29, 1.82) is 0 Å². The second kappa shape index (κ2) is 4.85. The van der Waals surface area contributed by atoms with Crippen molar-refractivity contribution in [3.05, 3.63) is 46.8 Å². The molecule has 0 bridgehead atoms. The van der Waals surface area contributed by atoms with Crippen LogP contribution < -0.4 is 15.6 Å². The Labute approximate surface area is 110 Å². The summed E-state index contributed by atoms with van der Waals surface area (Å²) in [4.78, 5) is 11.8. The zero-order valence-corrected chi connectivity index (χ0v) is 10.7. The van der Waals surface area contributed by atoms with E-state index in [-0.39, 0.29) is 11.6 Å². The Morgan fingerprint density at radius 1 is 1.26 bits per heavy atom. The topological polar surface area (TPSA) is 56.1 Å². The number of methoxy groups -OCH3 is 1. The maximum Gasteiger partial charge on any atom is 0.267 e. The fourth-order valence-corrected chi connectivity index (χ4v) is 2.13. The van der Waals surface area contributed by atoms with E-state index in [2.05, 4.69) is 10.4 Å². The Balaban J connectivity index is 2.07. The fourth-order valence-electron chi connectivity index (χ4n) is 2.13. The molecule has 5 nitrogen and oxygen atoms in total. The molecule has 1 aromatic carbocycles. The van der Waals surface area contributed by atoms with E-state index in [0.29, 0.717) is 0 Å². The maximum absolute atomic E-state index is 11.8. The fraction of sp³-hybridized carbons (Fsp3) is 0.286. The van der Waals surface area contributed by atoms with E-state index in [1.54, 1.807) is 23.9 Å². The third-order valence-electron chi connectivity index (χ3n) is 3.31. The predicted molar refractivity (Wildman–Crippen MR) is 72.4 cm³/mol. The molecular formula is C14H15N3O2. The Bertz CT molecular complexity index is 647. The van der Waals surface area contributed by atoms with E-state index in [9.17, 15) is 4.79 Å². The second-order valence-corrected chi connectivity index (χ2v) is 4.51. The van der Waals surface area contributed by atoms with Crippen molar-refractivity contribution in [2.24, 2.45) is 0 Å². The van der Waals surface area contributed by atoms with Crippen molar-refractivity contribution < 1.29 is 4.74 Å². The lowest BCUT2D eigenvalue weighted by Crippen LogP contribution is -2.47. The molecule has 0 radical (unpaired) electrons. The summed E-state index contributed by atoms with van der Waals surface area (Å²) in [5, 5.41) is 7.60. The third-order valence-corrected chi connectivity index (χ3v) is 3.31. The van der Waals surface area contributed by atoms with Gasteiger partial charge >= 0.3 is 0 Å². The molecule has 98 valence electrons. The van der Waals surface area contributed by atoms with E-state index in [0.717, 1.165) is 30.1 Å². The lowest BCUT2D eigenvalue weighted by atomic mass is 10.1. The molecule has 5 heteroatoms. The van der Waals surface area contributed by atoms with Crippen LogP contribution in [-0.4, -0.2) is 30.0 Å². The maximum atomic E-state index is 11.8. The molecule has 3 rings (SSSR count). The quantitative estimate of drug-likeness (QED) is 0.893. The van der Waals surface area contributed by atoms with Crippen LogP contribution in [0, 0.1) is 0 Å². The number of nitrogens with one attached hydrogen (secondary N) is 1. The van der Waals surface area contributed by atoms with Gasteiger partial charge in [0.15, 0.2) is 0 Å². The number of para-hydroxylation sites is 1. The highest BCUT2D eigenvalue weighted by Gasteiger charge is 2.21. The van der Waals surface area contributed by atoms with Gasteiger partial charge in [0.05, 0.1) is 18.8 Å². The molecule has 0 spiro atoms. The molecule has 0 atom stereocenters. The van der Waals surface area contributed by atoms with Crippen molar-refractivity contribution in [2.45, 2.75) is 6.04 Å². The number of ether oxygens (including phenoxy) is 1. The van der Waals surface area contributed by atoms with Gasteiger partial charge in [-0.2, -0.15) is 5.10 Å². The molecule has 1 aliphatic rings. The zero-order chi connectivity index (χ0) is 13.2. The number of nitrogens with zero attached hydrogens (tertiary/aromatic N) is 2. The van der Waals surface area contributed by atoms with Crippen LogP contribution in [0.4, 0.5) is 0 Å². The van der Waals surface area contributed by atoms with Crippen LogP contribution in [0.1, 0.15) is 6.04 Å². The summed E-state index contributed by atoms with van der Waals surface area (Å²) in [6.45, 7) is 1.59. The van der Waals surface area contributed by atoms with Crippen LogP contribution in [0.25, 0.3) is 11.3 Å². The first-order valence-corrected chi connectivity index (χ1v) is 6.23. The summed E-state index contributed by atoms with van der Waals surface area (Å²) in [5.41, 5.74) is 1.58. The molecule has 0 unspecified atom stereocenters. The summed E-state index contributed by atoms with van der Waals surface area (Å²) in [5.74, 6) is 0.756. The minimum atomic E-state index is -0.0647. The van der Waals surface area contributed by atoms with Gasteiger partial charge in [-0.15, -0.1) is 0 Å². The highest BCUT2D eigenvalue weighted by Crippen LogP contribution is 2.27. The van der Waals surface area contributed by atoms with Gasteiger partial charge in [0.25, 0.3) is 5.56 Å². The SMILES string of the molecule is COc1ccccc1-c1ccc(=O)n(C2CNC2)n1. The molecule has 0 saturated carbocycles. The van der Waals surface area contributed by atoms with Crippen LogP contribution in [0.3, 0.4) is 0 Å². The summed E-state index contributed by atoms with van der Waals surface area (Å²) in [7, 11) is 1.63. The number of rotatable bonds is 3. The molecule has 1 aliphatic heterocycles. The second-order valence-electron chi connectivity index (χ2n) is 4.51. The minimum Gasteiger partial charge on any atom is -0.496 e. The van der Waals surface area contributed by atoms with Gasteiger partial charge in [0.1, 0.15) is 5.75 Å². The summed E-state index contributed by atoms with van der Waals surface area (Å²) < 4.78 is 6.88. The molecule has 1 N–H and O–H groups in total. The van der Waals surface area contributed by atoms with Gasteiger partial charge < -0.3 is 10.1 Å². The molecule has 1 fully saturated rings. The van der Waals surface area contributed by atoms with Crippen LogP contribution in [0.2, 0.25) is 0 Å². The van der Waals surface area contributed by atoms with Crippen LogP contribution in [0.5, 0.6) is 5.75 Å². The van der Waals surface area contributed by atoms with Crippen molar-refractivity contribution >= 4 is 0 Å². The first-order chi connectivity index (χ1) is 9.29. The van der Waals surface area contributed by atoms with Crippen molar-refractivity contribution in [3.8, 4) is 17.0 Å². The Morgan fingerprint density at radius 3 is 2.74 bits per heavy atom. The van der Waals surface area contributed by atoms with Gasteiger partial charge in [-0.1, -0.05) is 12.1 Å². The van der Waals surface area contributed by atoms with Crippen molar-refractivity contribution in [3.63, 3.8) is 0 Å². The van der Waals surface area contributed by atoms with Crippen LogP contribution in [0.15, 0.2) is 41.2 Å². The molecule has 2 aromatic rings. The third kappa shape index (κ3) is 2.13. The largest absolute Gasteiger partial charge is 0.496 e. The Hall–Kier alpha value is -2.14. The van der Waals surface area contributed by atoms with E-state index < -0.39 is 0 Å². The molecule has 2 heterocycles. The highest BCUT2D eigenvalue weighted by atomic mass is 16.5. The summed E-state index contributed by atoms with van der Waals surface area (Å²) >= 11 is 0. The van der Waals surface area contributed by atoms with Crippen LogP contribution in [-0.2, 0) is 0 Å². The van der Waals surface area contributed by atoms with Gasteiger partial charge in [-0.25, -0.2) is 4.68 Å². The minimum absolute atomic E-state index is 0.0647. The molecule has 1 aromatic heterocycles. The summed E-state index contributed by atoms with van der Waals surface area (Å²) in [6, 6.07) is 11.1. The lowest BCUT2D eigenvalue weighted by molar-refractivity contribution is 0.307. The first-order valence-electron chi connectivity index (χ1n) is 6.23. The van der Waals surface area contributed by atoms with Crippen molar-refractivity contribution in [1.82, 2.24) is 15.1 Å². The van der Waals surface area contributed by atoms with Crippen molar-refractivity contribution in [2.75, 3.05) is 20.2 Å². The Morgan fingerprint density at radius 2 is 2.05 bits per heavy atom. The standard InChI is InChI=1S/C14H15N3O2/c1-19-13-5-3-2-4-11(13)12-6-7-14(18)17(16-12)10-8-15-9-10/h2-7,10,15H,8-9H2,1H3. The van der Waals surface area contributed by atoms with Crippen LogP contribution >= 0.6 is 0 Å². The Kier molecular flexibility index (Phi) is 3.05. The number of hydrogen-bond donors (Lipinski definition) is 1. The van der Waals surface area contributed by atoms with Gasteiger partial charge in [-0.3, -0.25) is 4.79 Å². The van der Waals surface area contributed by atoms with E-state index in [1.165, 1.54) is 0 Å². The lowest BCUT2D eigenvalue weighted by Gasteiger charge is -2.28. The van der Waals surface area contributed by atoms with E-state index in [1.807, 2.05) is 24.3 Å². The summed E-state index contributed by atoms with van der Waals surface area (Å²) in [6.07, 6.45) is 0. The molecule has 0 aliphatic carbocycles. The predicted octanol–water partition coefficient (Wildman–Crippen LogP) is 1.06. The monoisotopic (exact) mass is 257 g/mol. The average Bonchev–Trinajstić information content (AvgIpc) is 2.39. The van der Waals surface area contributed by atoms with Gasteiger partial charge in [0.2, 0.25) is 0 Å². The zero-order valence-electron chi connectivity index (χ0n) is 10.7. The highest BCUT2D eigenvalue weighted by molar-refractivity contribution is 5.66. The van der Waals surface area contributed by atoms with E-state index >= 15 is 0 Å². The number of aromatic nitrogens is 2. The van der Waals surface area contributed by atoms with Gasteiger partial charge in [0, 0.05) is 24.7 Å². The molecule has 0 amide bonds. The number of hydrogen-bond acceptors (Lipinski definition) is 4. The molecule has 19 heavy (non-hydrogen) atoms. The molecule has 1 saturated heterocycles. The normalized spacial score (nSPS) is 15.0. The molecular weight excluding hydrogens is 242 g/mol. The number of benzene rings is 1. The smallest absolute Gasteiger partial charge is 0.267 e. The first kappa shape index (κ1) is 11.9. The van der Waals surface area contributed by atoms with E-state index in [4.69, 9.17) is 4.74 Å². The van der Waals surface area contributed by atoms with Gasteiger partial charge in [-0.05, 0) is 18.2 Å².